The molecule has 0 aromatic heterocycles. The predicted molar refractivity (Wildman–Crippen MR) is 145 cm³/mol. The molecule has 0 aliphatic heterocycles. The number of benzene rings is 1. The van der Waals surface area contributed by atoms with Crippen LogP contribution in [0.3, 0.4) is 0 Å². The molecule has 0 spiro atoms. The summed E-state index contributed by atoms with van der Waals surface area (Å²) < 4.78 is 5.36. The van der Waals surface area contributed by atoms with E-state index in [1.54, 1.807) is 25.7 Å². The zero-order chi connectivity index (χ0) is 26.8. The van der Waals surface area contributed by atoms with E-state index in [2.05, 4.69) is 30.2 Å². The van der Waals surface area contributed by atoms with Gasteiger partial charge in [0.25, 0.3) is 0 Å². The van der Waals surface area contributed by atoms with Crippen LogP contribution < -0.4 is 10.6 Å². The van der Waals surface area contributed by atoms with Gasteiger partial charge in [0.2, 0.25) is 11.8 Å². The first-order valence-electron chi connectivity index (χ1n) is 12.5. The molecule has 1 aromatic carbocycles. The maximum atomic E-state index is 14.0. The first-order valence-corrected chi connectivity index (χ1v) is 13.2. The Kier molecular flexibility index (Phi) is 12.1. The number of nitrogens with zero attached hydrogens (tertiary/aromatic N) is 1. The topological polar surface area (TPSA) is 87.7 Å². The summed E-state index contributed by atoms with van der Waals surface area (Å²) in [5, 5.41) is 5.68. The lowest BCUT2D eigenvalue weighted by molar-refractivity contribution is -0.148. The Balaban J connectivity index is 3.43. The molecule has 1 aromatic rings. The Morgan fingerprint density at radius 1 is 1.03 bits per heavy atom. The number of alkyl carbamates (subject to hydrolysis) is 1. The van der Waals surface area contributed by atoms with Gasteiger partial charge < -0.3 is 20.3 Å². The van der Waals surface area contributed by atoms with Crippen LogP contribution in [0, 0.1) is 6.92 Å². The summed E-state index contributed by atoms with van der Waals surface area (Å²) in [7, 11) is 0. The van der Waals surface area contributed by atoms with Crippen molar-refractivity contribution in [3.63, 3.8) is 0 Å². The third kappa shape index (κ3) is 9.74. The molecule has 2 atom stereocenters. The summed E-state index contributed by atoms with van der Waals surface area (Å²) in [4.78, 5) is 41.6. The van der Waals surface area contributed by atoms with Crippen molar-refractivity contribution >= 4 is 30.5 Å². The maximum absolute atomic E-state index is 14.0. The average Bonchev–Trinajstić information content (AvgIpc) is 2.77. The molecule has 8 heteroatoms. The quantitative estimate of drug-likeness (QED) is 0.269. The molecule has 0 fully saturated rings. The molecule has 0 aliphatic carbocycles. The number of unbranched alkanes of at least 4 members (excludes halogenated alkanes) is 2. The largest absolute Gasteiger partial charge is 0.444 e. The Labute approximate surface area is 217 Å². The van der Waals surface area contributed by atoms with Gasteiger partial charge in [0, 0.05) is 17.8 Å². The van der Waals surface area contributed by atoms with Gasteiger partial charge in [0.15, 0.2) is 0 Å². The second-order valence-corrected chi connectivity index (χ2v) is 10.9. The van der Waals surface area contributed by atoms with Crippen LogP contribution in [0.25, 0.3) is 0 Å². The van der Waals surface area contributed by atoms with E-state index in [4.69, 9.17) is 4.74 Å². The summed E-state index contributed by atoms with van der Waals surface area (Å²) >= 11 is 4.34. The van der Waals surface area contributed by atoms with E-state index in [0.717, 1.165) is 24.8 Å². The van der Waals surface area contributed by atoms with E-state index in [1.807, 2.05) is 52.0 Å². The summed E-state index contributed by atoms with van der Waals surface area (Å²) in [5.74, 6) is -0.561. The van der Waals surface area contributed by atoms with Gasteiger partial charge in [-0.05, 0) is 59.9 Å². The summed E-state index contributed by atoms with van der Waals surface area (Å²) in [6.07, 6.45) is 2.84. The lowest BCUT2D eigenvalue weighted by atomic mass is 9.92. The first-order chi connectivity index (χ1) is 16.3. The minimum Gasteiger partial charge on any atom is -0.444 e. The van der Waals surface area contributed by atoms with Gasteiger partial charge in [0.1, 0.15) is 17.7 Å². The molecule has 0 saturated heterocycles. The van der Waals surface area contributed by atoms with Crippen LogP contribution in [0.2, 0.25) is 0 Å². The van der Waals surface area contributed by atoms with Crippen molar-refractivity contribution < 1.29 is 19.1 Å². The van der Waals surface area contributed by atoms with Crippen molar-refractivity contribution in [2.24, 2.45) is 0 Å². The van der Waals surface area contributed by atoms with Crippen molar-refractivity contribution in [2.75, 3.05) is 12.3 Å². The van der Waals surface area contributed by atoms with Crippen LogP contribution in [0.5, 0.6) is 0 Å². The number of amides is 3. The molecule has 0 saturated carbocycles. The monoisotopic (exact) mass is 507 g/mol. The van der Waals surface area contributed by atoms with Crippen LogP contribution in [0.1, 0.15) is 91.3 Å². The third-order valence-corrected chi connectivity index (χ3v) is 6.27. The highest BCUT2D eigenvalue weighted by atomic mass is 32.1. The maximum Gasteiger partial charge on any atom is 0.408 e. The Bertz CT molecular complexity index is 834. The molecule has 0 aliphatic rings. The number of hydrogen-bond donors (Lipinski definition) is 3. The standard InChI is InChI=1S/C27H45N3O4S/c1-9-11-12-17-28-23(31)22(20-15-13-19(3)14-16-20)30(27(7,8)10-2)24(32)21(18-35)29-25(33)34-26(4,5)6/h13-16,21-22,35H,9-12,17-18H2,1-8H3,(H,28,31)(H,29,33). The molecule has 2 N–H and O–H groups in total. The molecule has 3 amide bonds. The Morgan fingerprint density at radius 3 is 2.11 bits per heavy atom. The lowest BCUT2D eigenvalue weighted by Gasteiger charge is -2.44. The van der Waals surface area contributed by atoms with Crippen LogP contribution in [0.4, 0.5) is 4.79 Å². The minimum atomic E-state index is -0.958. The number of carbonyl (C=O) groups is 3. The third-order valence-electron chi connectivity index (χ3n) is 5.91. The normalized spacial score (nSPS) is 13.5. The number of aryl methyl sites for hydroxylation is 1. The number of nitrogens with one attached hydrogen (secondary N) is 2. The molecule has 0 radical (unpaired) electrons. The van der Waals surface area contributed by atoms with Crippen molar-refractivity contribution in [1.82, 2.24) is 15.5 Å². The van der Waals surface area contributed by atoms with Crippen molar-refractivity contribution in [2.45, 2.75) is 104 Å². The van der Waals surface area contributed by atoms with E-state index < -0.39 is 29.3 Å². The van der Waals surface area contributed by atoms with E-state index in [1.165, 1.54) is 0 Å². The van der Waals surface area contributed by atoms with Gasteiger partial charge >= 0.3 is 6.09 Å². The van der Waals surface area contributed by atoms with E-state index in [-0.39, 0.29) is 17.6 Å². The highest BCUT2D eigenvalue weighted by Crippen LogP contribution is 2.32. The zero-order valence-corrected chi connectivity index (χ0v) is 23.6. The number of carbonyl (C=O) groups excluding carboxylic acids is 3. The number of rotatable bonds is 12. The molecule has 7 nitrogen and oxygen atoms in total. The molecule has 1 rings (SSSR count). The van der Waals surface area contributed by atoms with Gasteiger partial charge in [-0.25, -0.2) is 4.79 Å². The fourth-order valence-electron chi connectivity index (χ4n) is 3.60. The SMILES string of the molecule is CCCCCNC(=O)C(c1ccc(C)cc1)N(C(=O)C(CS)NC(=O)OC(C)(C)C)C(C)(C)CC. The van der Waals surface area contributed by atoms with Gasteiger partial charge in [-0.1, -0.05) is 56.5 Å². The van der Waals surface area contributed by atoms with Gasteiger partial charge in [-0.3, -0.25) is 9.59 Å². The molecular weight excluding hydrogens is 462 g/mol. The highest BCUT2D eigenvalue weighted by molar-refractivity contribution is 7.80. The lowest BCUT2D eigenvalue weighted by Crippen LogP contribution is -2.60. The fourth-order valence-corrected chi connectivity index (χ4v) is 3.85. The van der Waals surface area contributed by atoms with E-state index in [9.17, 15) is 14.4 Å². The summed E-state index contributed by atoms with van der Waals surface area (Å²) in [5.41, 5.74) is 0.390. The summed E-state index contributed by atoms with van der Waals surface area (Å²) in [6.45, 7) is 15.7. The van der Waals surface area contributed by atoms with Crippen molar-refractivity contribution in [3.8, 4) is 0 Å². The van der Waals surface area contributed by atoms with Crippen LogP contribution in [0.15, 0.2) is 24.3 Å². The van der Waals surface area contributed by atoms with E-state index in [0.29, 0.717) is 18.5 Å². The average molecular weight is 508 g/mol. The smallest absolute Gasteiger partial charge is 0.408 e. The molecule has 198 valence electrons. The predicted octanol–water partition coefficient (Wildman–Crippen LogP) is 5.18. The van der Waals surface area contributed by atoms with Crippen molar-refractivity contribution in [3.05, 3.63) is 35.4 Å². The molecule has 2 unspecified atom stereocenters. The van der Waals surface area contributed by atoms with Crippen molar-refractivity contribution in [1.29, 1.82) is 0 Å². The molecular formula is C27H45N3O4S. The van der Waals surface area contributed by atoms with Crippen LogP contribution >= 0.6 is 12.6 Å². The fraction of sp³-hybridized carbons (Fsp3) is 0.667. The number of ether oxygens (including phenoxy) is 1. The second-order valence-electron chi connectivity index (χ2n) is 10.6. The minimum absolute atomic E-state index is 0.0626. The van der Waals surface area contributed by atoms with E-state index >= 15 is 0 Å². The number of hydrogen-bond acceptors (Lipinski definition) is 5. The van der Waals surface area contributed by atoms with Crippen LogP contribution in [-0.2, 0) is 14.3 Å². The van der Waals surface area contributed by atoms with Gasteiger partial charge in [0.05, 0.1) is 0 Å². The van der Waals surface area contributed by atoms with Crippen LogP contribution in [-0.4, -0.2) is 52.3 Å². The molecule has 35 heavy (non-hydrogen) atoms. The number of thiol groups is 1. The van der Waals surface area contributed by atoms with Gasteiger partial charge in [-0.2, -0.15) is 12.6 Å². The summed E-state index contributed by atoms with van der Waals surface area (Å²) in [6, 6.07) is 5.82. The first kappa shape index (κ1) is 30.8. The Morgan fingerprint density at radius 2 is 1.63 bits per heavy atom. The zero-order valence-electron chi connectivity index (χ0n) is 22.7. The second kappa shape index (κ2) is 13.8. The molecule has 0 heterocycles. The highest BCUT2D eigenvalue weighted by Gasteiger charge is 2.42. The van der Waals surface area contributed by atoms with Gasteiger partial charge in [-0.15, -0.1) is 0 Å². The molecule has 0 bridgehead atoms. The Hall–Kier alpha value is -2.22.